The van der Waals surface area contributed by atoms with Crippen molar-refractivity contribution in [2.24, 2.45) is 0 Å². The van der Waals surface area contributed by atoms with Gasteiger partial charge in [-0.25, -0.2) is 0 Å². The lowest BCUT2D eigenvalue weighted by Crippen LogP contribution is -2.21. The number of carbonyl (C=O) groups is 1. The molecule has 0 aliphatic rings. The summed E-state index contributed by atoms with van der Waals surface area (Å²) in [6, 6.07) is 14.4. The number of anilines is 1. The van der Waals surface area contributed by atoms with E-state index >= 15 is 0 Å². The maximum atomic E-state index is 12.0. The Balaban J connectivity index is 2.06. The number of rotatable bonds is 6. The van der Waals surface area contributed by atoms with Crippen molar-refractivity contribution < 1.29 is 9.90 Å². The van der Waals surface area contributed by atoms with E-state index in [0.29, 0.717) is 5.56 Å². The summed E-state index contributed by atoms with van der Waals surface area (Å²) in [6.07, 6.45) is 3.36. The molecule has 0 saturated heterocycles. The minimum absolute atomic E-state index is 0.0761. The lowest BCUT2D eigenvalue weighted by molar-refractivity contribution is 0.104. The molecule has 0 amide bonds. The van der Waals surface area contributed by atoms with Crippen LogP contribution < -0.4 is 4.90 Å². The van der Waals surface area contributed by atoms with Crippen LogP contribution in [-0.2, 0) is 0 Å². The second-order valence-corrected chi connectivity index (χ2v) is 5.01. The number of hydrogen-bond acceptors (Lipinski definition) is 3. The summed E-state index contributed by atoms with van der Waals surface area (Å²) < 4.78 is 0. The normalized spacial score (nSPS) is 10.8. The second kappa shape index (κ2) is 7.46. The van der Waals surface area contributed by atoms with E-state index in [1.807, 2.05) is 12.1 Å². The second-order valence-electron chi connectivity index (χ2n) is 5.01. The fraction of sp³-hybridized carbons (Fsp3) is 0.211. The smallest absolute Gasteiger partial charge is 0.185 e. The number of hydrogen-bond donors (Lipinski definition) is 1. The number of aromatic hydroxyl groups is 1. The summed E-state index contributed by atoms with van der Waals surface area (Å²) in [4.78, 5) is 14.3. The lowest BCUT2D eigenvalue weighted by atomic mass is 10.1. The van der Waals surface area contributed by atoms with Crippen molar-refractivity contribution in [3.63, 3.8) is 0 Å². The molecule has 0 unspecified atom stereocenters. The lowest BCUT2D eigenvalue weighted by Gasteiger charge is -2.20. The third kappa shape index (κ3) is 3.98. The SMILES string of the molecule is CCN(CC)c1ccc(/C=C/C(=O)c2ccc(O)cc2)cc1. The van der Waals surface area contributed by atoms with Gasteiger partial charge in [0.05, 0.1) is 0 Å². The van der Waals surface area contributed by atoms with Crippen LogP contribution in [0, 0.1) is 0 Å². The highest BCUT2D eigenvalue weighted by Gasteiger charge is 2.02. The van der Waals surface area contributed by atoms with Crippen molar-refractivity contribution in [1.82, 2.24) is 0 Å². The molecular weight excluding hydrogens is 274 g/mol. The average molecular weight is 295 g/mol. The molecule has 0 spiro atoms. The minimum atomic E-state index is -0.0761. The van der Waals surface area contributed by atoms with E-state index in [0.717, 1.165) is 18.7 Å². The van der Waals surface area contributed by atoms with Gasteiger partial charge in [0.2, 0.25) is 0 Å². The summed E-state index contributed by atoms with van der Waals surface area (Å²) >= 11 is 0. The number of phenols is 1. The van der Waals surface area contributed by atoms with Crippen LogP contribution in [0.25, 0.3) is 6.08 Å². The van der Waals surface area contributed by atoms with Crippen LogP contribution in [0.3, 0.4) is 0 Å². The highest BCUT2D eigenvalue weighted by molar-refractivity contribution is 6.06. The van der Waals surface area contributed by atoms with E-state index in [1.165, 1.54) is 17.8 Å². The van der Waals surface area contributed by atoms with Gasteiger partial charge in [-0.2, -0.15) is 0 Å². The first kappa shape index (κ1) is 15.8. The average Bonchev–Trinajstić information content (AvgIpc) is 2.55. The first-order chi connectivity index (χ1) is 10.6. The number of allylic oxidation sites excluding steroid dienone is 1. The van der Waals surface area contributed by atoms with Gasteiger partial charge in [-0.05, 0) is 61.9 Å². The van der Waals surface area contributed by atoms with Crippen LogP contribution in [0.2, 0.25) is 0 Å². The zero-order chi connectivity index (χ0) is 15.9. The molecule has 0 radical (unpaired) electrons. The van der Waals surface area contributed by atoms with Gasteiger partial charge >= 0.3 is 0 Å². The molecule has 2 aromatic carbocycles. The molecule has 0 aliphatic heterocycles. The van der Waals surface area contributed by atoms with E-state index in [9.17, 15) is 9.90 Å². The maximum Gasteiger partial charge on any atom is 0.185 e. The standard InChI is InChI=1S/C19H21NO2/c1-3-20(4-2)17-10-5-15(6-11-17)7-14-19(22)16-8-12-18(21)13-9-16/h5-14,21H,3-4H2,1-2H3/b14-7+. The van der Waals surface area contributed by atoms with Gasteiger partial charge in [-0.1, -0.05) is 18.2 Å². The Morgan fingerprint density at radius 1 is 1.00 bits per heavy atom. The molecule has 2 aromatic rings. The van der Waals surface area contributed by atoms with Gasteiger partial charge in [0.25, 0.3) is 0 Å². The molecule has 0 heterocycles. The quantitative estimate of drug-likeness (QED) is 0.643. The molecule has 0 aliphatic carbocycles. The van der Waals surface area contributed by atoms with Crippen molar-refractivity contribution in [2.75, 3.05) is 18.0 Å². The van der Waals surface area contributed by atoms with Crippen molar-refractivity contribution >= 4 is 17.5 Å². The molecule has 2 rings (SSSR count). The number of carbonyl (C=O) groups excluding carboxylic acids is 1. The largest absolute Gasteiger partial charge is 0.508 e. The van der Waals surface area contributed by atoms with E-state index in [1.54, 1.807) is 24.3 Å². The van der Waals surface area contributed by atoms with Crippen LogP contribution in [0.5, 0.6) is 5.75 Å². The van der Waals surface area contributed by atoms with Gasteiger partial charge in [0, 0.05) is 24.3 Å². The minimum Gasteiger partial charge on any atom is -0.508 e. The van der Waals surface area contributed by atoms with Crippen LogP contribution in [0.1, 0.15) is 29.8 Å². The van der Waals surface area contributed by atoms with Crippen molar-refractivity contribution in [3.05, 3.63) is 65.7 Å². The zero-order valence-corrected chi connectivity index (χ0v) is 13.0. The number of ketones is 1. The van der Waals surface area contributed by atoms with Crippen LogP contribution in [0.4, 0.5) is 5.69 Å². The molecule has 3 heteroatoms. The summed E-state index contributed by atoms with van der Waals surface area (Å²) in [5.74, 6) is 0.0836. The van der Waals surface area contributed by atoms with Gasteiger partial charge in [0.1, 0.15) is 5.75 Å². The Morgan fingerprint density at radius 3 is 2.14 bits per heavy atom. The van der Waals surface area contributed by atoms with Crippen molar-refractivity contribution in [3.8, 4) is 5.75 Å². The van der Waals surface area contributed by atoms with E-state index in [-0.39, 0.29) is 11.5 Å². The van der Waals surface area contributed by atoms with Crippen molar-refractivity contribution in [1.29, 1.82) is 0 Å². The fourth-order valence-electron chi connectivity index (χ4n) is 2.28. The molecule has 0 bridgehead atoms. The number of benzene rings is 2. The molecule has 22 heavy (non-hydrogen) atoms. The summed E-state index contributed by atoms with van der Waals surface area (Å²) in [5.41, 5.74) is 2.74. The maximum absolute atomic E-state index is 12.0. The predicted molar refractivity (Wildman–Crippen MR) is 91.5 cm³/mol. The predicted octanol–water partition coefficient (Wildman–Crippen LogP) is 4.13. The Bertz CT molecular complexity index is 638. The van der Waals surface area contributed by atoms with Crippen LogP contribution in [0.15, 0.2) is 54.6 Å². The molecular formula is C19H21NO2. The topological polar surface area (TPSA) is 40.5 Å². The van der Waals surface area contributed by atoms with E-state index < -0.39 is 0 Å². The fourth-order valence-corrected chi connectivity index (χ4v) is 2.28. The molecule has 0 atom stereocenters. The zero-order valence-electron chi connectivity index (χ0n) is 13.0. The van der Waals surface area contributed by atoms with Gasteiger partial charge in [0.15, 0.2) is 5.78 Å². The van der Waals surface area contributed by atoms with Crippen LogP contribution >= 0.6 is 0 Å². The first-order valence-corrected chi connectivity index (χ1v) is 7.50. The number of nitrogens with zero attached hydrogens (tertiary/aromatic N) is 1. The Hall–Kier alpha value is -2.55. The first-order valence-electron chi connectivity index (χ1n) is 7.50. The van der Waals surface area contributed by atoms with Crippen molar-refractivity contribution in [2.45, 2.75) is 13.8 Å². The molecule has 1 N–H and O–H groups in total. The van der Waals surface area contributed by atoms with E-state index in [4.69, 9.17) is 0 Å². The highest BCUT2D eigenvalue weighted by Crippen LogP contribution is 2.16. The number of phenolic OH excluding ortho intramolecular Hbond substituents is 1. The molecule has 0 fully saturated rings. The van der Waals surface area contributed by atoms with Gasteiger partial charge in [-0.3, -0.25) is 4.79 Å². The molecule has 0 aromatic heterocycles. The monoisotopic (exact) mass is 295 g/mol. The highest BCUT2D eigenvalue weighted by atomic mass is 16.3. The third-order valence-electron chi connectivity index (χ3n) is 3.60. The summed E-state index contributed by atoms with van der Waals surface area (Å²) in [7, 11) is 0. The molecule has 114 valence electrons. The Morgan fingerprint density at radius 2 is 1.59 bits per heavy atom. The van der Waals surface area contributed by atoms with E-state index in [2.05, 4.69) is 30.9 Å². The third-order valence-corrected chi connectivity index (χ3v) is 3.60. The molecule has 0 saturated carbocycles. The molecule has 3 nitrogen and oxygen atoms in total. The summed E-state index contributed by atoms with van der Waals surface area (Å²) in [6.45, 7) is 6.22. The Kier molecular flexibility index (Phi) is 5.37. The van der Waals surface area contributed by atoms with Gasteiger partial charge < -0.3 is 10.0 Å². The Labute approximate surface area is 131 Å². The summed E-state index contributed by atoms with van der Waals surface area (Å²) in [5, 5.41) is 9.22. The van der Waals surface area contributed by atoms with Gasteiger partial charge in [-0.15, -0.1) is 0 Å². The van der Waals surface area contributed by atoms with Crippen LogP contribution in [-0.4, -0.2) is 24.0 Å².